The van der Waals surface area contributed by atoms with Gasteiger partial charge in [0.05, 0.1) is 18.3 Å². The van der Waals surface area contributed by atoms with E-state index in [1.165, 1.54) is 23.1 Å². The lowest BCUT2D eigenvalue weighted by Crippen LogP contribution is -2.33. The average Bonchev–Trinajstić information content (AvgIpc) is 3.39. The number of thiazole rings is 1. The topological polar surface area (TPSA) is 50.2 Å². The molecule has 5 nitrogen and oxygen atoms in total. The Labute approximate surface area is 165 Å². The number of halogens is 2. The van der Waals surface area contributed by atoms with Gasteiger partial charge in [-0.05, 0) is 49.7 Å². The van der Waals surface area contributed by atoms with E-state index in [2.05, 4.69) is 25.8 Å². The summed E-state index contributed by atoms with van der Waals surface area (Å²) in [7, 11) is 2.02. The lowest BCUT2D eigenvalue weighted by molar-refractivity contribution is -0.117. The number of carbonyl (C=O) groups is 1. The van der Waals surface area contributed by atoms with Crippen LogP contribution in [0.5, 0.6) is 0 Å². The summed E-state index contributed by atoms with van der Waals surface area (Å²) in [5.41, 5.74) is 2.18. The summed E-state index contributed by atoms with van der Waals surface area (Å²) < 4.78 is 28.6. The van der Waals surface area contributed by atoms with Crippen molar-refractivity contribution >= 4 is 22.4 Å². The second kappa shape index (κ2) is 7.81. The van der Waals surface area contributed by atoms with Crippen molar-refractivity contribution in [3.63, 3.8) is 0 Å². The molecule has 0 spiro atoms. The third-order valence-corrected chi connectivity index (χ3v) is 5.76. The maximum atomic E-state index is 13.4. The fraction of sp³-hybridized carbons (Fsp3) is 0.300. The van der Waals surface area contributed by atoms with Crippen molar-refractivity contribution in [3.8, 4) is 11.3 Å². The van der Waals surface area contributed by atoms with E-state index in [0.29, 0.717) is 16.4 Å². The van der Waals surface area contributed by atoms with Gasteiger partial charge >= 0.3 is 0 Å². The summed E-state index contributed by atoms with van der Waals surface area (Å²) in [5, 5.41) is 4.97. The number of aromatic nitrogens is 2. The first-order chi connectivity index (χ1) is 13.5. The number of nitrogens with one attached hydrogen (secondary N) is 1. The van der Waals surface area contributed by atoms with Gasteiger partial charge < -0.3 is 9.88 Å². The molecular formula is C20H20F2N4OS. The zero-order valence-corrected chi connectivity index (χ0v) is 16.2. The first-order valence-corrected chi connectivity index (χ1v) is 9.95. The summed E-state index contributed by atoms with van der Waals surface area (Å²) in [5.74, 6) is -1.95. The van der Waals surface area contributed by atoms with Crippen LogP contribution in [0.15, 0.2) is 41.9 Å². The fourth-order valence-electron chi connectivity index (χ4n) is 3.63. The number of anilines is 1. The molecular weight excluding hydrogens is 382 g/mol. The minimum atomic E-state index is -0.920. The smallest absolute Gasteiger partial charge is 0.240 e. The molecule has 0 bridgehead atoms. The number of nitrogens with zero attached hydrogens (tertiary/aromatic N) is 3. The van der Waals surface area contributed by atoms with E-state index in [1.54, 1.807) is 5.38 Å². The van der Waals surface area contributed by atoms with E-state index in [9.17, 15) is 13.6 Å². The Bertz CT molecular complexity index is 1000. The number of aryl methyl sites for hydroxylation is 1. The second-order valence-corrected chi connectivity index (χ2v) is 7.75. The van der Waals surface area contributed by atoms with E-state index in [0.717, 1.165) is 31.5 Å². The molecule has 3 heterocycles. The molecule has 0 saturated carbocycles. The summed E-state index contributed by atoms with van der Waals surface area (Å²) >= 11 is 1.26. The maximum absolute atomic E-state index is 13.4. The maximum Gasteiger partial charge on any atom is 0.240 e. The second-order valence-electron chi connectivity index (χ2n) is 6.89. The SMILES string of the molecule is Cn1cccc1C1CCCN1CC(=O)Nc1nc(-c2ccc(F)c(F)c2)cs1. The molecule has 1 amide bonds. The minimum Gasteiger partial charge on any atom is -0.353 e. The molecule has 0 aliphatic carbocycles. The molecule has 1 aliphatic rings. The van der Waals surface area contributed by atoms with Gasteiger partial charge in [0.25, 0.3) is 0 Å². The average molecular weight is 402 g/mol. The normalized spacial score (nSPS) is 17.2. The van der Waals surface area contributed by atoms with Gasteiger partial charge in [-0.3, -0.25) is 9.69 Å². The molecule has 146 valence electrons. The highest BCUT2D eigenvalue weighted by molar-refractivity contribution is 7.14. The largest absolute Gasteiger partial charge is 0.353 e. The van der Waals surface area contributed by atoms with Crippen molar-refractivity contribution in [2.75, 3.05) is 18.4 Å². The molecule has 1 fully saturated rings. The van der Waals surface area contributed by atoms with Crippen LogP contribution in [0, 0.1) is 11.6 Å². The third-order valence-electron chi connectivity index (χ3n) is 5.00. The lowest BCUT2D eigenvalue weighted by atomic mass is 10.1. The Hall–Kier alpha value is -2.58. The molecule has 0 radical (unpaired) electrons. The zero-order chi connectivity index (χ0) is 19.7. The van der Waals surface area contributed by atoms with E-state index in [4.69, 9.17) is 0 Å². The molecule has 1 N–H and O–H groups in total. The number of amides is 1. The third kappa shape index (κ3) is 3.83. The number of hydrogen-bond donors (Lipinski definition) is 1. The van der Waals surface area contributed by atoms with Crippen LogP contribution in [0.1, 0.15) is 24.6 Å². The Morgan fingerprint density at radius 1 is 1.32 bits per heavy atom. The summed E-state index contributed by atoms with van der Waals surface area (Å²) in [6.45, 7) is 1.16. The Kier molecular flexibility index (Phi) is 5.23. The molecule has 1 atom stereocenters. The van der Waals surface area contributed by atoms with E-state index in [1.807, 2.05) is 19.3 Å². The number of carbonyl (C=O) groups excluding carboxylic acids is 1. The molecule has 1 aliphatic heterocycles. The van der Waals surface area contributed by atoms with Crippen molar-refractivity contribution in [2.24, 2.45) is 7.05 Å². The molecule has 1 aromatic carbocycles. The number of benzene rings is 1. The Balaban J connectivity index is 1.41. The van der Waals surface area contributed by atoms with Gasteiger partial charge in [-0.15, -0.1) is 11.3 Å². The fourth-order valence-corrected chi connectivity index (χ4v) is 4.37. The monoisotopic (exact) mass is 402 g/mol. The van der Waals surface area contributed by atoms with Crippen LogP contribution >= 0.6 is 11.3 Å². The van der Waals surface area contributed by atoms with Gasteiger partial charge in [0, 0.05) is 29.9 Å². The highest BCUT2D eigenvalue weighted by atomic mass is 32.1. The van der Waals surface area contributed by atoms with Crippen LogP contribution in [0.4, 0.5) is 13.9 Å². The van der Waals surface area contributed by atoms with Crippen molar-refractivity contribution in [2.45, 2.75) is 18.9 Å². The highest BCUT2D eigenvalue weighted by Gasteiger charge is 2.29. The first-order valence-electron chi connectivity index (χ1n) is 9.07. The van der Waals surface area contributed by atoms with Crippen molar-refractivity contribution < 1.29 is 13.6 Å². The van der Waals surface area contributed by atoms with Crippen LogP contribution < -0.4 is 5.32 Å². The van der Waals surface area contributed by atoms with E-state index >= 15 is 0 Å². The van der Waals surface area contributed by atoms with Gasteiger partial charge in [-0.1, -0.05) is 0 Å². The quantitative estimate of drug-likeness (QED) is 0.696. The summed E-state index contributed by atoms with van der Waals surface area (Å²) in [4.78, 5) is 19.0. The molecule has 8 heteroatoms. The van der Waals surface area contributed by atoms with Crippen LogP contribution in [0.3, 0.4) is 0 Å². The standard InChI is InChI=1S/C20H20F2N4OS/c1-25-8-2-4-17(25)18-5-3-9-26(18)11-19(27)24-20-23-16(12-28-20)13-6-7-14(21)15(22)10-13/h2,4,6-8,10,12,18H,3,5,9,11H2,1H3,(H,23,24,27). The molecule has 2 aromatic heterocycles. The zero-order valence-electron chi connectivity index (χ0n) is 15.4. The number of likely N-dealkylation sites (tertiary alicyclic amines) is 1. The van der Waals surface area contributed by atoms with Gasteiger partial charge in [0.1, 0.15) is 0 Å². The van der Waals surface area contributed by atoms with Crippen molar-refractivity contribution in [1.82, 2.24) is 14.5 Å². The molecule has 1 saturated heterocycles. The molecule has 1 unspecified atom stereocenters. The van der Waals surface area contributed by atoms with E-state index < -0.39 is 11.6 Å². The van der Waals surface area contributed by atoms with Gasteiger partial charge in [-0.2, -0.15) is 0 Å². The predicted octanol–water partition coefficient (Wildman–Crippen LogP) is 4.20. The van der Waals surface area contributed by atoms with Crippen LogP contribution in [0.2, 0.25) is 0 Å². The predicted molar refractivity (Wildman–Crippen MR) is 105 cm³/mol. The summed E-state index contributed by atoms with van der Waals surface area (Å²) in [6, 6.07) is 7.98. The van der Waals surface area contributed by atoms with Gasteiger partial charge in [0.2, 0.25) is 5.91 Å². The first kappa shape index (κ1) is 18.8. The lowest BCUT2D eigenvalue weighted by Gasteiger charge is -2.24. The highest BCUT2D eigenvalue weighted by Crippen LogP contribution is 2.32. The minimum absolute atomic E-state index is 0.132. The number of rotatable bonds is 5. The Morgan fingerprint density at radius 3 is 2.93 bits per heavy atom. The summed E-state index contributed by atoms with van der Waals surface area (Å²) in [6.07, 6.45) is 4.10. The Morgan fingerprint density at radius 2 is 2.18 bits per heavy atom. The number of hydrogen-bond acceptors (Lipinski definition) is 4. The van der Waals surface area contributed by atoms with Crippen LogP contribution in [-0.4, -0.2) is 33.4 Å². The van der Waals surface area contributed by atoms with Crippen LogP contribution in [-0.2, 0) is 11.8 Å². The molecule has 28 heavy (non-hydrogen) atoms. The molecule has 3 aromatic rings. The molecule has 4 rings (SSSR count). The van der Waals surface area contributed by atoms with Gasteiger partial charge in [-0.25, -0.2) is 13.8 Å². The van der Waals surface area contributed by atoms with Crippen molar-refractivity contribution in [1.29, 1.82) is 0 Å². The van der Waals surface area contributed by atoms with E-state index in [-0.39, 0.29) is 18.5 Å². The van der Waals surface area contributed by atoms with Crippen molar-refractivity contribution in [3.05, 3.63) is 59.2 Å². The van der Waals surface area contributed by atoms with Gasteiger partial charge in [0.15, 0.2) is 16.8 Å². The van der Waals surface area contributed by atoms with Crippen LogP contribution in [0.25, 0.3) is 11.3 Å².